The molecule has 2 N–H and O–H groups in total. The SMILES string of the molecule is O=C(Cc1csc(-c2cccc(F)c2)n1)NCc1nc2ccccc2[nH]1. The van der Waals surface area contributed by atoms with Gasteiger partial charge in [-0.1, -0.05) is 24.3 Å². The smallest absolute Gasteiger partial charge is 0.226 e. The molecule has 7 heteroatoms. The highest BCUT2D eigenvalue weighted by Crippen LogP contribution is 2.24. The molecule has 0 spiro atoms. The summed E-state index contributed by atoms with van der Waals surface area (Å²) in [5.74, 6) is 0.266. The molecule has 2 aromatic heterocycles. The number of amides is 1. The van der Waals surface area contributed by atoms with E-state index >= 15 is 0 Å². The standard InChI is InChI=1S/C19H15FN4OS/c20-13-5-3-4-12(8-13)19-22-14(11-26-19)9-18(25)21-10-17-23-15-6-1-2-7-16(15)24-17/h1-8,11H,9-10H2,(H,21,25)(H,23,24). The zero-order valence-corrected chi connectivity index (χ0v) is 14.5. The highest BCUT2D eigenvalue weighted by molar-refractivity contribution is 7.13. The fourth-order valence-corrected chi connectivity index (χ4v) is 3.46. The van der Waals surface area contributed by atoms with E-state index in [4.69, 9.17) is 0 Å². The number of hydrogen-bond donors (Lipinski definition) is 2. The van der Waals surface area contributed by atoms with E-state index in [0.29, 0.717) is 28.6 Å². The predicted molar refractivity (Wildman–Crippen MR) is 99.2 cm³/mol. The molecule has 0 aliphatic carbocycles. The van der Waals surface area contributed by atoms with Crippen molar-refractivity contribution in [3.05, 3.63) is 71.2 Å². The maximum Gasteiger partial charge on any atom is 0.226 e. The molecule has 2 heterocycles. The van der Waals surface area contributed by atoms with E-state index < -0.39 is 0 Å². The number of rotatable bonds is 5. The Bertz CT molecular complexity index is 1040. The van der Waals surface area contributed by atoms with E-state index in [1.165, 1.54) is 23.5 Å². The van der Waals surface area contributed by atoms with Crippen molar-refractivity contribution in [1.82, 2.24) is 20.3 Å². The minimum atomic E-state index is -0.303. The van der Waals surface area contributed by atoms with Gasteiger partial charge in [-0.2, -0.15) is 0 Å². The summed E-state index contributed by atoms with van der Waals surface area (Å²) in [6, 6.07) is 14.0. The van der Waals surface area contributed by atoms with Crippen LogP contribution in [0.1, 0.15) is 11.5 Å². The van der Waals surface area contributed by atoms with Gasteiger partial charge in [0.25, 0.3) is 0 Å². The number of hydrogen-bond acceptors (Lipinski definition) is 4. The summed E-state index contributed by atoms with van der Waals surface area (Å²) in [5, 5.41) is 5.36. The van der Waals surface area contributed by atoms with Crippen LogP contribution in [0, 0.1) is 5.82 Å². The highest BCUT2D eigenvalue weighted by atomic mass is 32.1. The van der Waals surface area contributed by atoms with Crippen LogP contribution >= 0.6 is 11.3 Å². The van der Waals surface area contributed by atoms with Gasteiger partial charge in [-0.3, -0.25) is 4.79 Å². The summed E-state index contributed by atoms with van der Waals surface area (Å²) in [6.45, 7) is 0.328. The maximum absolute atomic E-state index is 13.3. The molecular formula is C19H15FN4OS. The maximum atomic E-state index is 13.3. The largest absolute Gasteiger partial charge is 0.349 e. The van der Waals surface area contributed by atoms with Gasteiger partial charge in [-0.15, -0.1) is 11.3 Å². The molecule has 0 unspecified atom stereocenters. The van der Waals surface area contributed by atoms with Gasteiger partial charge >= 0.3 is 0 Å². The molecule has 0 fully saturated rings. The Morgan fingerprint density at radius 1 is 1.15 bits per heavy atom. The number of benzene rings is 2. The number of halogens is 1. The molecule has 4 aromatic rings. The molecule has 0 saturated carbocycles. The number of carbonyl (C=O) groups is 1. The first-order chi connectivity index (χ1) is 12.7. The number of carbonyl (C=O) groups excluding carboxylic acids is 1. The lowest BCUT2D eigenvalue weighted by atomic mass is 10.2. The number of aromatic amines is 1. The van der Waals surface area contributed by atoms with Gasteiger partial charge in [0.1, 0.15) is 16.6 Å². The second-order valence-electron chi connectivity index (χ2n) is 5.81. The third kappa shape index (κ3) is 3.62. The first kappa shape index (κ1) is 16.4. The van der Waals surface area contributed by atoms with Crippen molar-refractivity contribution < 1.29 is 9.18 Å². The van der Waals surface area contributed by atoms with Gasteiger partial charge in [-0.05, 0) is 24.3 Å². The zero-order valence-electron chi connectivity index (χ0n) is 13.7. The Morgan fingerprint density at radius 3 is 2.88 bits per heavy atom. The minimum absolute atomic E-state index is 0.137. The zero-order chi connectivity index (χ0) is 17.9. The molecule has 0 bridgehead atoms. The lowest BCUT2D eigenvalue weighted by Gasteiger charge is -2.01. The summed E-state index contributed by atoms with van der Waals surface area (Å²) in [4.78, 5) is 24.2. The van der Waals surface area contributed by atoms with Crippen LogP contribution in [0.2, 0.25) is 0 Å². The van der Waals surface area contributed by atoms with Crippen LogP contribution in [-0.2, 0) is 17.8 Å². The number of nitrogens with zero attached hydrogens (tertiary/aromatic N) is 2. The van der Waals surface area contributed by atoms with Crippen LogP contribution in [0.25, 0.3) is 21.6 Å². The molecule has 130 valence electrons. The Kier molecular flexibility index (Phi) is 4.45. The number of aromatic nitrogens is 3. The van der Waals surface area contributed by atoms with Gasteiger partial charge in [0, 0.05) is 10.9 Å². The summed E-state index contributed by atoms with van der Waals surface area (Å²) < 4.78 is 13.3. The van der Waals surface area contributed by atoms with Gasteiger partial charge in [0.15, 0.2) is 0 Å². The number of nitrogens with one attached hydrogen (secondary N) is 2. The van der Waals surface area contributed by atoms with Crippen molar-refractivity contribution in [3.63, 3.8) is 0 Å². The third-order valence-corrected chi connectivity index (χ3v) is 4.80. The van der Waals surface area contributed by atoms with E-state index in [2.05, 4.69) is 20.3 Å². The van der Waals surface area contributed by atoms with E-state index in [0.717, 1.165) is 11.0 Å². The molecule has 0 aliphatic heterocycles. The molecule has 0 saturated heterocycles. The number of thiazole rings is 1. The molecule has 0 atom stereocenters. The predicted octanol–water partition coefficient (Wildman–Crippen LogP) is 3.68. The van der Waals surface area contributed by atoms with Crippen LogP contribution in [0.5, 0.6) is 0 Å². The lowest BCUT2D eigenvalue weighted by Crippen LogP contribution is -2.25. The summed E-state index contributed by atoms with van der Waals surface area (Å²) >= 11 is 1.39. The molecule has 4 rings (SSSR count). The summed E-state index contributed by atoms with van der Waals surface area (Å²) in [7, 11) is 0. The molecular weight excluding hydrogens is 351 g/mol. The summed E-state index contributed by atoms with van der Waals surface area (Å²) in [6.07, 6.45) is 0.173. The van der Waals surface area contributed by atoms with Gasteiger partial charge in [0.05, 0.1) is 29.7 Å². The van der Waals surface area contributed by atoms with Gasteiger partial charge in [0.2, 0.25) is 5.91 Å². The molecule has 1 amide bonds. The summed E-state index contributed by atoms with van der Waals surface area (Å²) in [5.41, 5.74) is 3.19. The molecule has 0 radical (unpaired) electrons. The second-order valence-corrected chi connectivity index (χ2v) is 6.67. The minimum Gasteiger partial charge on any atom is -0.349 e. The Hall–Kier alpha value is -3.06. The van der Waals surface area contributed by atoms with Crippen molar-refractivity contribution in [2.75, 3.05) is 0 Å². The van der Waals surface area contributed by atoms with Crippen LogP contribution in [0.4, 0.5) is 4.39 Å². The van der Waals surface area contributed by atoms with Crippen LogP contribution in [0.15, 0.2) is 53.9 Å². The van der Waals surface area contributed by atoms with Gasteiger partial charge < -0.3 is 10.3 Å². The number of imidazole rings is 1. The molecule has 2 aromatic carbocycles. The van der Waals surface area contributed by atoms with E-state index in [1.54, 1.807) is 12.1 Å². The van der Waals surface area contributed by atoms with Crippen LogP contribution < -0.4 is 5.32 Å². The van der Waals surface area contributed by atoms with E-state index in [1.807, 2.05) is 29.6 Å². The van der Waals surface area contributed by atoms with Crippen molar-refractivity contribution in [3.8, 4) is 10.6 Å². The monoisotopic (exact) mass is 366 g/mol. The fraction of sp³-hybridized carbons (Fsp3) is 0.105. The van der Waals surface area contributed by atoms with Crippen LogP contribution in [-0.4, -0.2) is 20.9 Å². The molecule has 0 aliphatic rings. The quantitative estimate of drug-likeness (QED) is 0.566. The van der Waals surface area contributed by atoms with Crippen molar-refractivity contribution >= 4 is 28.3 Å². The first-order valence-electron chi connectivity index (χ1n) is 8.08. The Balaban J connectivity index is 1.37. The second kappa shape index (κ2) is 7.05. The van der Waals surface area contributed by atoms with Crippen molar-refractivity contribution in [1.29, 1.82) is 0 Å². The number of para-hydroxylation sites is 2. The topological polar surface area (TPSA) is 70.7 Å². The lowest BCUT2D eigenvalue weighted by molar-refractivity contribution is -0.120. The molecule has 5 nitrogen and oxygen atoms in total. The van der Waals surface area contributed by atoms with Crippen molar-refractivity contribution in [2.45, 2.75) is 13.0 Å². The average Bonchev–Trinajstić information content (AvgIpc) is 3.26. The Morgan fingerprint density at radius 2 is 2.04 bits per heavy atom. The van der Waals surface area contributed by atoms with Crippen LogP contribution in [0.3, 0.4) is 0 Å². The highest BCUT2D eigenvalue weighted by Gasteiger charge is 2.10. The Labute approximate surface area is 152 Å². The number of fused-ring (bicyclic) bond motifs is 1. The average molecular weight is 366 g/mol. The normalized spacial score (nSPS) is 11.0. The molecule has 26 heavy (non-hydrogen) atoms. The number of H-pyrrole nitrogens is 1. The van der Waals surface area contributed by atoms with E-state index in [-0.39, 0.29) is 18.1 Å². The fourth-order valence-electron chi connectivity index (χ4n) is 2.64. The van der Waals surface area contributed by atoms with Crippen molar-refractivity contribution in [2.24, 2.45) is 0 Å². The van der Waals surface area contributed by atoms with E-state index in [9.17, 15) is 9.18 Å². The third-order valence-electron chi connectivity index (χ3n) is 3.86. The van der Waals surface area contributed by atoms with Gasteiger partial charge in [-0.25, -0.2) is 14.4 Å². The first-order valence-corrected chi connectivity index (χ1v) is 8.96.